The summed E-state index contributed by atoms with van der Waals surface area (Å²) in [5.74, 6) is -1.02. The fourth-order valence-corrected chi connectivity index (χ4v) is 8.79. The summed E-state index contributed by atoms with van der Waals surface area (Å²) in [5, 5.41) is 5.12. The second-order valence-electron chi connectivity index (χ2n) is 19.3. The number of halogens is 6. The monoisotopic (exact) mass is 1140 g/mol. The van der Waals surface area contributed by atoms with E-state index in [4.69, 9.17) is 9.47 Å². The number of aromatic nitrogens is 10. The summed E-state index contributed by atoms with van der Waals surface area (Å²) in [4.78, 5) is 67.1. The molecule has 2 N–H and O–H groups in total. The molecule has 9 aromatic heterocycles. The molecule has 9 heterocycles. The molecule has 0 saturated carbocycles. The minimum absolute atomic E-state index is 0.0516. The van der Waals surface area contributed by atoms with E-state index in [0.29, 0.717) is 81.8 Å². The van der Waals surface area contributed by atoms with Crippen LogP contribution in [-0.2, 0) is 24.4 Å². The molecule has 0 bridgehead atoms. The van der Waals surface area contributed by atoms with Crippen LogP contribution in [-0.4, -0.2) is 119 Å². The molecule has 0 saturated heterocycles. The number of amides is 2. The van der Waals surface area contributed by atoms with Crippen molar-refractivity contribution < 1.29 is 54.9 Å². The summed E-state index contributed by atoms with van der Waals surface area (Å²) in [6.07, 6.45) is 8.42. The maximum Gasteiger partial charge on any atom is 0.352 e. The lowest BCUT2D eigenvalue weighted by atomic mass is 10.1. The van der Waals surface area contributed by atoms with E-state index in [2.05, 4.69) is 50.3 Å². The molecular weight excluding hydrogens is 1070 g/mol. The Morgan fingerprint density at radius 2 is 1.29 bits per heavy atom. The lowest BCUT2D eigenvalue weighted by Crippen LogP contribution is -2.29. The number of ether oxygens (including phenoxy) is 3. The van der Waals surface area contributed by atoms with Gasteiger partial charge in [0.2, 0.25) is 11.8 Å². The Hall–Kier alpha value is -8.80. The molecule has 0 radical (unpaired) electrons. The number of fused-ring (bicyclic) bond motifs is 3. The molecule has 18 nitrogen and oxygen atoms in total. The molecule has 24 heteroatoms. The van der Waals surface area contributed by atoms with E-state index in [1.54, 1.807) is 54.7 Å². The Labute approximate surface area is 468 Å². The van der Waals surface area contributed by atoms with Crippen LogP contribution in [0.5, 0.6) is 11.8 Å². The van der Waals surface area contributed by atoms with E-state index in [9.17, 15) is 40.7 Å². The van der Waals surface area contributed by atoms with Crippen LogP contribution in [0.2, 0.25) is 0 Å². The second kappa shape index (κ2) is 27.1. The predicted molar refractivity (Wildman–Crippen MR) is 295 cm³/mol. The zero-order valence-corrected chi connectivity index (χ0v) is 46.7. The second-order valence-corrected chi connectivity index (χ2v) is 19.3. The van der Waals surface area contributed by atoms with Gasteiger partial charge < -0.3 is 38.5 Å². The number of pyridine rings is 5. The molecule has 0 fully saturated rings. The van der Waals surface area contributed by atoms with Gasteiger partial charge in [0, 0.05) is 87.0 Å². The average Bonchev–Trinajstić information content (AvgIpc) is 4.28. The molecule has 0 aliphatic rings. The van der Waals surface area contributed by atoms with Gasteiger partial charge in [-0.3, -0.25) is 38.7 Å². The van der Waals surface area contributed by atoms with Gasteiger partial charge in [-0.25, -0.2) is 28.1 Å². The minimum Gasteiger partial charge on any atom is -0.481 e. The zero-order chi connectivity index (χ0) is 59.4. The lowest BCUT2D eigenvalue weighted by Gasteiger charge is -2.11. The van der Waals surface area contributed by atoms with E-state index in [-0.39, 0.29) is 50.7 Å². The van der Waals surface area contributed by atoms with Crippen molar-refractivity contribution in [2.24, 2.45) is 0 Å². The van der Waals surface area contributed by atoms with E-state index in [1.807, 2.05) is 55.0 Å². The fourth-order valence-electron chi connectivity index (χ4n) is 8.79. The third kappa shape index (κ3) is 15.1. The summed E-state index contributed by atoms with van der Waals surface area (Å²) in [6, 6.07) is 10.3. The molecule has 0 aliphatic heterocycles. The molecule has 0 unspecified atom stereocenters. The van der Waals surface area contributed by atoms with Crippen molar-refractivity contribution in [2.45, 2.75) is 93.2 Å². The van der Waals surface area contributed by atoms with E-state index < -0.39 is 36.6 Å². The van der Waals surface area contributed by atoms with Crippen molar-refractivity contribution >= 4 is 50.7 Å². The van der Waals surface area contributed by atoms with Crippen molar-refractivity contribution in [1.82, 2.24) is 59.2 Å². The number of Topliss-reactive ketones (excluding diaryl/α,β-unsaturated/α-hetero) is 1. The number of alkyl halides is 4. The van der Waals surface area contributed by atoms with Gasteiger partial charge >= 0.3 is 6.11 Å². The smallest absolute Gasteiger partial charge is 0.352 e. The Morgan fingerprint density at radius 1 is 0.695 bits per heavy atom. The number of rotatable bonds is 20. The molecule has 432 valence electrons. The first-order valence-corrected chi connectivity index (χ1v) is 25.9. The van der Waals surface area contributed by atoms with Gasteiger partial charge in [-0.15, -0.1) is 0 Å². The lowest BCUT2D eigenvalue weighted by molar-refractivity contribution is -0.222. The highest BCUT2D eigenvalue weighted by Gasteiger charge is 2.24. The number of aryl methyl sites for hydroxylation is 4. The summed E-state index contributed by atoms with van der Waals surface area (Å²) in [7, 11) is 2.99. The van der Waals surface area contributed by atoms with E-state index in [1.165, 1.54) is 39.6 Å². The number of methoxy groups -OCH3 is 2. The van der Waals surface area contributed by atoms with Gasteiger partial charge in [0.1, 0.15) is 35.2 Å². The summed E-state index contributed by atoms with van der Waals surface area (Å²) in [6.45, 7) is 11.2. The average molecular weight is 1140 g/mol. The Balaban J connectivity index is 0.000000177. The first kappa shape index (κ1) is 60.8. The first-order valence-electron chi connectivity index (χ1n) is 25.9. The molecule has 0 aliphatic carbocycles. The van der Waals surface area contributed by atoms with Crippen molar-refractivity contribution in [3.8, 4) is 11.8 Å². The van der Waals surface area contributed by atoms with Gasteiger partial charge in [0.15, 0.2) is 5.78 Å². The number of carbonyl (C=O) groups excluding carboxylic acids is 3. The Morgan fingerprint density at radius 3 is 1.91 bits per heavy atom. The standard InChI is InChI=1S/C20H21F2N3O.C19H21F2N5O3.C19H20F2N4O2/c1-12-7-18-20(23-9-12)16(19(26)5-4-6-21)11-25(18)10-15-8-17(22)14(3)24-13(15)2;1-12-14(24-11-25-18(12)28-3)10-26-9-13(16-15(26)5-4-6-22-16)17(27)23-7-8-29-19(2,20)21;1-11-4-16-17(22-6-11)15(18(26)23-7-12(2)20)10-25(16)9-13-5-14(21)8-24-19(13)27-3/h7-9,11H,4-6,10H2,1-3H3;4-6,9,11H,7-8,10H2,1-3H3,(H,23,27);4-6,8,10,12H,7,9H2,1-3H3,(H,23,26)/t;;12-/m..0/s1. The minimum atomic E-state index is -3.24. The third-order valence-corrected chi connectivity index (χ3v) is 12.8. The van der Waals surface area contributed by atoms with Crippen molar-refractivity contribution in [3.05, 3.63) is 159 Å². The predicted octanol–water partition coefficient (Wildman–Crippen LogP) is 10.1. The first-order chi connectivity index (χ1) is 39.1. The number of hydrogen-bond donors (Lipinski definition) is 2. The maximum atomic E-state index is 13.9. The van der Waals surface area contributed by atoms with Crippen LogP contribution >= 0.6 is 0 Å². The number of carbonyl (C=O) groups is 3. The van der Waals surface area contributed by atoms with Crippen LogP contribution in [0.4, 0.5) is 26.3 Å². The Bertz CT molecular complexity index is 3750. The van der Waals surface area contributed by atoms with Crippen LogP contribution in [0.15, 0.2) is 86.1 Å². The van der Waals surface area contributed by atoms with Crippen molar-refractivity contribution in [1.29, 1.82) is 0 Å². The summed E-state index contributed by atoms with van der Waals surface area (Å²) >= 11 is 0. The van der Waals surface area contributed by atoms with Crippen LogP contribution in [0.1, 0.15) is 103 Å². The highest BCUT2D eigenvalue weighted by Crippen LogP contribution is 2.28. The van der Waals surface area contributed by atoms with Gasteiger partial charge in [0.05, 0.1) is 96.9 Å². The molecule has 1 atom stereocenters. The number of nitrogens with one attached hydrogen (secondary N) is 2. The van der Waals surface area contributed by atoms with Gasteiger partial charge in [-0.2, -0.15) is 8.78 Å². The molecule has 82 heavy (non-hydrogen) atoms. The largest absolute Gasteiger partial charge is 0.481 e. The van der Waals surface area contributed by atoms with Crippen LogP contribution < -0.4 is 20.1 Å². The highest BCUT2D eigenvalue weighted by molar-refractivity contribution is 6.07. The molecule has 2 amide bonds. The van der Waals surface area contributed by atoms with Crippen molar-refractivity contribution in [3.63, 3.8) is 0 Å². The molecular formula is C58H62F6N12O6. The molecule has 0 aromatic carbocycles. The maximum absolute atomic E-state index is 13.9. The normalized spacial score (nSPS) is 11.7. The van der Waals surface area contributed by atoms with E-state index in [0.717, 1.165) is 50.9 Å². The highest BCUT2D eigenvalue weighted by atomic mass is 19.3. The van der Waals surface area contributed by atoms with Gasteiger partial charge in [-0.05, 0) is 101 Å². The quantitative estimate of drug-likeness (QED) is 0.0414. The molecule has 9 rings (SSSR count). The molecule has 0 spiro atoms. The van der Waals surface area contributed by atoms with Gasteiger partial charge in [-0.1, -0.05) is 0 Å². The number of hydrogen-bond acceptors (Lipinski definition) is 13. The van der Waals surface area contributed by atoms with Crippen LogP contribution in [0.25, 0.3) is 33.1 Å². The van der Waals surface area contributed by atoms with Gasteiger partial charge in [0.25, 0.3) is 11.8 Å². The Kier molecular flexibility index (Phi) is 20.1. The topological polar surface area (TPSA) is 208 Å². The van der Waals surface area contributed by atoms with Crippen LogP contribution in [0, 0.1) is 46.3 Å². The number of ketones is 1. The molecule has 9 aromatic rings. The zero-order valence-electron chi connectivity index (χ0n) is 46.7. The third-order valence-electron chi connectivity index (χ3n) is 12.8. The number of nitrogens with zero attached hydrogens (tertiary/aromatic N) is 10. The fraction of sp³-hybridized carbons (Fsp3) is 0.345. The summed E-state index contributed by atoms with van der Waals surface area (Å²) in [5.41, 5.74) is 10.8. The van der Waals surface area contributed by atoms with E-state index >= 15 is 0 Å². The van der Waals surface area contributed by atoms with Crippen molar-refractivity contribution in [2.75, 3.05) is 40.6 Å². The SMILES string of the molecule is COc1ncc(F)cc1Cn1cc(C(=O)NC[C@H](C)F)c2ncc(C)cc21.COc1ncnc(Cn2cc(C(=O)NCCOC(C)(F)F)c3ncccc32)c1C.Cc1cnc2c(C(=O)CCCF)cn(Cc3cc(F)c(C)nc3C)c2c1. The summed E-state index contributed by atoms with van der Waals surface area (Å²) < 4.78 is 98.8. The van der Waals surface area contributed by atoms with Crippen LogP contribution in [0.3, 0.4) is 0 Å².